The number of halogens is 1. The molecule has 158 valence electrons. The van der Waals surface area contributed by atoms with Gasteiger partial charge in [-0.3, -0.25) is 4.79 Å². The van der Waals surface area contributed by atoms with E-state index >= 15 is 0 Å². The predicted molar refractivity (Wildman–Crippen MR) is 118 cm³/mol. The van der Waals surface area contributed by atoms with Crippen LogP contribution in [-0.4, -0.2) is 28.4 Å². The summed E-state index contributed by atoms with van der Waals surface area (Å²) in [6, 6.07) is 12.0. The molecule has 7 heteroatoms. The third-order valence-corrected chi connectivity index (χ3v) is 5.26. The monoisotopic (exact) mass is 418 g/mol. The lowest BCUT2D eigenvalue weighted by atomic mass is 9.87. The number of aromatic nitrogens is 2. The molecule has 1 atom stereocenters. The van der Waals surface area contributed by atoms with Crippen LogP contribution >= 0.6 is 0 Å². The molecule has 3 aromatic rings. The van der Waals surface area contributed by atoms with Gasteiger partial charge in [0.05, 0.1) is 36.8 Å². The highest BCUT2D eigenvalue weighted by atomic mass is 19.1. The van der Waals surface area contributed by atoms with E-state index in [2.05, 4.69) is 15.3 Å². The van der Waals surface area contributed by atoms with Crippen molar-refractivity contribution in [2.24, 2.45) is 4.99 Å². The van der Waals surface area contributed by atoms with Gasteiger partial charge in [0.25, 0.3) is 0 Å². The van der Waals surface area contributed by atoms with Crippen LogP contribution in [0.5, 0.6) is 5.75 Å². The van der Waals surface area contributed by atoms with Gasteiger partial charge in [-0.1, -0.05) is 24.3 Å². The summed E-state index contributed by atoms with van der Waals surface area (Å²) < 4.78 is 20.8. The average molecular weight is 418 g/mol. The summed E-state index contributed by atoms with van der Waals surface area (Å²) in [4.78, 5) is 20.6. The van der Waals surface area contributed by atoms with Gasteiger partial charge in [-0.15, -0.1) is 0 Å². The molecule has 0 bridgehead atoms. The molecule has 1 aliphatic heterocycles. The molecule has 6 nitrogen and oxygen atoms in total. The van der Waals surface area contributed by atoms with Crippen molar-refractivity contribution < 1.29 is 13.9 Å². The Morgan fingerprint density at radius 1 is 1.19 bits per heavy atom. The second kappa shape index (κ2) is 8.18. The second-order valence-electron chi connectivity index (χ2n) is 7.72. The Bertz CT molecular complexity index is 1180. The van der Waals surface area contributed by atoms with Crippen molar-refractivity contribution in [2.75, 3.05) is 7.11 Å². The Hall–Kier alpha value is -3.74. The maximum Gasteiger partial charge on any atom is 0.250 e. The Morgan fingerprint density at radius 3 is 2.65 bits per heavy atom. The first kappa shape index (κ1) is 20.5. The first-order valence-corrected chi connectivity index (χ1v) is 9.89. The van der Waals surface area contributed by atoms with E-state index in [4.69, 9.17) is 4.74 Å². The SMILES string of the molecule is COc1cc(/C=C/C2=NC(=O)CC(C)(c3ccc(F)cc3)N2)ccc1-n1cnc(C)c1. The van der Waals surface area contributed by atoms with Crippen LogP contribution in [-0.2, 0) is 10.3 Å². The zero-order valence-electron chi connectivity index (χ0n) is 17.6. The van der Waals surface area contributed by atoms with Crippen molar-refractivity contribution in [3.05, 3.63) is 83.7 Å². The molecule has 0 fully saturated rings. The summed E-state index contributed by atoms with van der Waals surface area (Å²) >= 11 is 0. The number of amides is 1. The van der Waals surface area contributed by atoms with Crippen molar-refractivity contribution >= 4 is 17.8 Å². The van der Waals surface area contributed by atoms with E-state index in [0.717, 1.165) is 22.5 Å². The maximum atomic E-state index is 13.3. The third-order valence-electron chi connectivity index (χ3n) is 5.26. The molecule has 0 aliphatic carbocycles. The van der Waals surface area contributed by atoms with Crippen LogP contribution in [0.4, 0.5) is 4.39 Å². The van der Waals surface area contributed by atoms with Gasteiger partial charge in [-0.25, -0.2) is 9.37 Å². The number of rotatable bonds is 5. The molecule has 1 amide bonds. The van der Waals surface area contributed by atoms with Crippen LogP contribution in [0.1, 0.15) is 30.2 Å². The van der Waals surface area contributed by atoms with Crippen LogP contribution in [0.15, 0.2) is 66.1 Å². The number of imidazole rings is 1. The highest BCUT2D eigenvalue weighted by Gasteiger charge is 2.33. The summed E-state index contributed by atoms with van der Waals surface area (Å²) in [6.07, 6.45) is 7.49. The van der Waals surface area contributed by atoms with E-state index in [0.29, 0.717) is 11.6 Å². The summed E-state index contributed by atoms with van der Waals surface area (Å²) in [5.74, 6) is 0.613. The Kier molecular flexibility index (Phi) is 5.42. The molecule has 1 aliphatic rings. The van der Waals surface area contributed by atoms with Crippen molar-refractivity contribution in [1.82, 2.24) is 14.9 Å². The minimum Gasteiger partial charge on any atom is -0.495 e. The standard InChI is InChI=1S/C24H23FN4O2/c1-16-14-29(15-26-16)20-10-4-17(12-21(20)31-3)5-11-22-27-23(30)13-24(2,28-22)18-6-8-19(25)9-7-18/h4-12,14-15H,13H2,1-3H3,(H,27,28,30)/b11-5+. The second-order valence-corrected chi connectivity index (χ2v) is 7.72. The summed E-state index contributed by atoms with van der Waals surface area (Å²) in [5, 5.41) is 3.31. The lowest BCUT2D eigenvalue weighted by molar-refractivity contribution is -0.119. The minimum absolute atomic E-state index is 0.197. The molecule has 1 unspecified atom stereocenters. The Balaban J connectivity index is 1.57. The van der Waals surface area contributed by atoms with E-state index in [1.807, 2.05) is 48.9 Å². The first-order valence-electron chi connectivity index (χ1n) is 9.89. The van der Waals surface area contributed by atoms with Gasteiger partial charge in [0, 0.05) is 6.20 Å². The van der Waals surface area contributed by atoms with Gasteiger partial charge in [0.2, 0.25) is 5.91 Å². The van der Waals surface area contributed by atoms with Crippen molar-refractivity contribution in [1.29, 1.82) is 0 Å². The molecular formula is C24H23FN4O2. The fraction of sp³-hybridized carbons (Fsp3) is 0.208. The molecule has 0 saturated carbocycles. The Labute approximate surface area is 180 Å². The zero-order chi connectivity index (χ0) is 22.0. The van der Waals surface area contributed by atoms with Crippen LogP contribution in [0.3, 0.4) is 0 Å². The first-order chi connectivity index (χ1) is 14.9. The number of aryl methyl sites for hydroxylation is 1. The molecule has 0 radical (unpaired) electrons. The summed E-state index contributed by atoms with van der Waals surface area (Å²) in [5.41, 5.74) is 2.86. The van der Waals surface area contributed by atoms with Crippen LogP contribution in [0.25, 0.3) is 11.8 Å². The number of aliphatic imine (C=N–C) groups is 1. The largest absolute Gasteiger partial charge is 0.495 e. The smallest absolute Gasteiger partial charge is 0.250 e. The Morgan fingerprint density at radius 2 is 1.97 bits per heavy atom. The molecule has 2 aromatic carbocycles. The lowest BCUT2D eigenvalue weighted by Gasteiger charge is -2.34. The number of hydrogen-bond acceptors (Lipinski definition) is 4. The lowest BCUT2D eigenvalue weighted by Crippen LogP contribution is -2.47. The zero-order valence-corrected chi connectivity index (χ0v) is 17.6. The normalized spacial score (nSPS) is 18.7. The van der Waals surface area contributed by atoms with Crippen molar-refractivity contribution in [2.45, 2.75) is 25.8 Å². The molecular weight excluding hydrogens is 395 g/mol. The highest BCUT2D eigenvalue weighted by Crippen LogP contribution is 2.29. The predicted octanol–water partition coefficient (Wildman–Crippen LogP) is 4.18. The number of benzene rings is 2. The minimum atomic E-state index is -0.660. The van der Waals surface area contributed by atoms with E-state index in [1.165, 1.54) is 12.1 Å². The topological polar surface area (TPSA) is 68.5 Å². The molecule has 1 aromatic heterocycles. The summed E-state index contributed by atoms with van der Waals surface area (Å²) in [7, 11) is 1.62. The van der Waals surface area contributed by atoms with E-state index in [1.54, 1.807) is 31.6 Å². The molecule has 0 saturated heterocycles. The number of amidine groups is 1. The van der Waals surface area contributed by atoms with Gasteiger partial charge in [-0.2, -0.15) is 4.99 Å². The van der Waals surface area contributed by atoms with Gasteiger partial charge < -0.3 is 14.6 Å². The molecule has 31 heavy (non-hydrogen) atoms. The molecule has 2 heterocycles. The van der Waals surface area contributed by atoms with Crippen molar-refractivity contribution in [3.63, 3.8) is 0 Å². The van der Waals surface area contributed by atoms with E-state index < -0.39 is 5.54 Å². The fourth-order valence-corrected chi connectivity index (χ4v) is 3.64. The number of nitrogens with one attached hydrogen (secondary N) is 1. The molecule has 1 N–H and O–H groups in total. The number of methoxy groups -OCH3 is 1. The number of nitrogens with zero attached hydrogens (tertiary/aromatic N) is 3. The third kappa shape index (κ3) is 4.40. The van der Waals surface area contributed by atoms with Crippen LogP contribution in [0, 0.1) is 12.7 Å². The number of hydrogen-bond donors (Lipinski definition) is 1. The van der Waals surface area contributed by atoms with Gasteiger partial charge in [-0.05, 0) is 55.3 Å². The fourth-order valence-electron chi connectivity index (χ4n) is 3.64. The maximum absolute atomic E-state index is 13.3. The van der Waals surface area contributed by atoms with Gasteiger partial charge in [0.15, 0.2) is 0 Å². The van der Waals surface area contributed by atoms with Crippen LogP contribution in [0.2, 0.25) is 0 Å². The van der Waals surface area contributed by atoms with Crippen LogP contribution < -0.4 is 10.1 Å². The highest BCUT2D eigenvalue weighted by molar-refractivity contribution is 6.05. The number of carbonyl (C=O) groups excluding carboxylic acids is 1. The molecule has 4 rings (SSSR count). The quantitative estimate of drug-likeness (QED) is 0.675. The van der Waals surface area contributed by atoms with E-state index in [-0.39, 0.29) is 18.1 Å². The van der Waals surface area contributed by atoms with Crippen molar-refractivity contribution in [3.8, 4) is 11.4 Å². The molecule has 0 spiro atoms. The van der Waals surface area contributed by atoms with Gasteiger partial charge in [0.1, 0.15) is 17.4 Å². The van der Waals surface area contributed by atoms with E-state index in [9.17, 15) is 9.18 Å². The van der Waals surface area contributed by atoms with Gasteiger partial charge >= 0.3 is 0 Å². The number of carbonyl (C=O) groups is 1. The number of ether oxygens (including phenoxy) is 1. The average Bonchev–Trinajstić information content (AvgIpc) is 3.18. The summed E-state index contributed by atoms with van der Waals surface area (Å²) in [6.45, 7) is 3.84.